The maximum absolute atomic E-state index is 10.6. The lowest BCUT2D eigenvalue weighted by molar-refractivity contribution is 0.378. The SMILES string of the molecule is OB(OB(O)c1ccc2c(c1)c1ccccc1n2-c1ccccc1)c1cccnc1. The molecule has 0 saturated heterocycles. The van der Waals surface area contributed by atoms with Gasteiger partial charge >= 0.3 is 14.2 Å². The van der Waals surface area contributed by atoms with E-state index >= 15 is 0 Å². The van der Waals surface area contributed by atoms with Gasteiger partial charge in [-0.3, -0.25) is 4.98 Å². The highest BCUT2D eigenvalue weighted by Crippen LogP contribution is 2.31. The summed E-state index contributed by atoms with van der Waals surface area (Å²) in [7, 11) is -2.54. The normalized spacial score (nSPS) is 11.1. The molecule has 0 radical (unpaired) electrons. The second-order valence-corrected chi connectivity index (χ2v) is 7.09. The zero-order chi connectivity index (χ0) is 20.5. The van der Waals surface area contributed by atoms with E-state index in [2.05, 4.69) is 33.8 Å². The molecule has 2 N–H and O–H groups in total. The summed E-state index contributed by atoms with van der Waals surface area (Å²) in [4.78, 5) is 3.97. The molecule has 2 heterocycles. The van der Waals surface area contributed by atoms with Gasteiger partial charge in [-0.1, -0.05) is 54.6 Å². The standard InChI is InChI=1S/C23H18B2N2O3/c28-24(30-25(29)18-7-6-14-26-16-18)17-12-13-23-21(15-17)20-10-4-5-11-22(20)27(23)19-8-2-1-3-9-19/h1-16,28-29H. The number of aromatic nitrogens is 2. The molecular weight excluding hydrogens is 374 g/mol. The van der Waals surface area contributed by atoms with Gasteiger partial charge in [0.15, 0.2) is 0 Å². The first-order valence-electron chi connectivity index (χ1n) is 9.72. The van der Waals surface area contributed by atoms with Crippen LogP contribution in [0.4, 0.5) is 0 Å². The van der Waals surface area contributed by atoms with Gasteiger partial charge in [0.2, 0.25) is 0 Å². The van der Waals surface area contributed by atoms with E-state index in [1.165, 1.54) is 6.20 Å². The first-order chi connectivity index (χ1) is 14.7. The van der Waals surface area contributed by atoms with Crippen molar-refractivity contribution >= 4 is 47.0 Å². The van der Waals surface area contributed by atoms with Gasteiger partial charge in [-0.15, -0.1) is 0 Å². The Morgan fingerprint density at radius 3 is 2.23 bits per heavy atom. The molecule has 0 aliphatic heterocycles. The predicted molar refractivity (Wildman–Crippen MR) is 121 cm³/mol. The minimum Gasteiger partial charge on any atom is -0.443 e. The van der Waals surface area contributed by atoms with Crippen LogP contribution in [0.2, 0.25) is 0 Å². The van der Waals surface area contributed by atoms with Gasteiger partial charge in [-0.25, -0.2) is 0 Å². The van der Waals surface area contributed by atoms with Crippen LogP contribution in [-0.2, 0) is 4.57 Å². The molecule has 0 fully saturated rings. The molecule has 3 aromatic carbocycles. The molecule has 0 spiro atoms. The summed E-state index contributed by atoms with van der Waals surface area (Å²) in [6, 6.07) is 27.5. The Hall–Kier alpha value is -3.38. The number of fused-ring (bicyclic) bond motifs is 3. The van der Waals surface area contributed by atoms with E-state index in [1.807, 2.05) is 48.5 Å². The Morgan fingerprint density at radius 1 is 0.700 bits per heavy atom. The topological polar surface area (TPSA) is 67.5 Å². The third-order valence-electron chi connectivity index (χ3n) is 5.22. The Labute approximate surface area is 174 Å². The molecule has 144 valence electrons. The van der Waals surface area contributed by atoms with E-state index < -0.39 is 14.2 Å². The van der Waals surface area contributed by atoms with Crippen LogP contribution in [0.25, 0.3) is 27.5 Å². The van der Waals surface area contributed by atoms with Crippen molar-refractivity contribution in [2.45, 2.75) is 0 Å². The summed E-state index contributed by atoms with van der Waals surface area (Å²) in [5.74, 6) is 0. The number of nitrogens with zero attached hydrogens (tertiary/aromatic N) is 2. The minimum absolute atomic E-state index is 0.485. The Morgan fingerprint density at radius 2 is 1.43 bits per heavy atom. The fraction of sp³-hybridized carbons (Fsp3) is 0. The maximum Gasteiger partial charge on any atom is 0.479 e. The number of hydrogen-bond donors (Lipinski definition) is 2. The van der Waals surface area contributed by atoms with Crippen LogP contribution in [0.1, 0.15) is 0 Å². The highest BCUT2D eigenvalue weighted by Gasteiger charge is 2.26. The number of benzene rings is 3. The van der Waals surface area contributed by atoms with Crippen molar-refractivity contribution in [2.24, 2.45) is 0 Å². The Bertz CT molecular complexity index is 1310. The number of rotatable bonds is 5. The van der Waals surface area contributed by atoms with Gasteiger partial charge in [0.1, 0.15) is 0 Å². The first-order valence-corrected chi connectivity index (χ1v) is 9.72. The quantitative estimate of drug-likeness (QED) is 0.451. The second kappa shape index (κ2) is 7.80. The summed E-state index contributed by atoms with van der Waals surface area (Å²) in [6.07, 6.45) is 3.12. The fourth-order valence-electron chi connectivity index (χ4n) is 3.80. The predicted octanol–water partition coefficient (Wildman–Crippen LogP) is 2.27. The van der Waals surface area contributed by atoms with Crippen LogP contribution in [-0.4, -0.2) is 33.8 Å². The molecule has 0 amide bonds. The average Bonchev–Trinajstić information content (AvgIpc) is 3.14. The van der Waals surface area contributed by atoms with Crippen LogP contribution in [0.5, 0.6) is 0 Å². The van der Waals surface area contributed by atoms with Gasteiger partial charge in [-0.05, 0) is 41.3 Å². The van der Waals surface area contributed by atoms with Crippen molar-refractivity contribution in [3.63, 3.8) is 0 Å². The molecule has 30 heavy (non-hydrogen) atoms. The number of hydrogen-bond acceptors (Lipinski definition) is 4. The van der Waals surface area contributed by atoms with E-state index in [-0.39, 0.29) is 0 Å². The van der Waals surface area contributed by atoms with E-state index in [9.17, 15) is 10.0 Å². The van der Waals surface area contributed by atoms with Crippen molar-refractivity contribution in [1.82, 2.24) is 9.55 Å². The lowest BCUT2D eigenvalue weighted by Gasteiger charge is -2.12. The summed E-state index contributed by atoms with van der Waals surface area (Å²) in [5.41, 5.74) is 4.24. The Balaban J connectivity index is 1.57. The lowest BCUT2D eigenvalue weighted by atomic mass is 9.71. The highest BCUT2D eigenvalue weighted by atomic mass is 16.5. The van der Waals surface area contributed by atoms with E-state index in [4.69, 9.17) is 4.57 Å². The second-order valence-electron chi connectivity index (χ2n) is 7.09. The molecule has 5 rings (SSSR count). The van der Waals surface area contributed by atoms with Gasteiger partial charge in [-0.2, -0.15) is 0 Å². The Kier molecular flexibility index (Phi) is 4.85. The largest absolute Gasteiger partial charge is 0.479 e. The molecule has 0 aliphatic carbocycles. The smallest absolute Gasteiger partial charge is 0.443 e. The molecule has 0 bridgehead atoms. The molecule has 2 aromatic heterocycles. The third-order valence-corrected chi connectivity index (χ3v) is 5.22. The average molecular weight is 392 g/mol. The van der Waals surface area contributed by atoms with E-state index in [0.717, 1.165) is 27.5 Å². The van der Waals surface area contributed by atoms with Crippen molar-refractivity contribution in [3.8, 4) is 5.69 Å². The lowest BCUT2D eigenvalue weighted by Crippen LogP contribution is -2.45. The summed E-state index contributed by atoms with van der Waals surface area (Å²) < 4.78 is 7.64. The van der Waals surface area contributed by atoms with Crippen LogP contribution in [0.3, 0.4) is 0 Å². The molecule has 0 aliphatic rings. The van der Waals surface area contributed by atoms with Crippen molar-refractivity contribution in [3.05, 3.63) is 97.3 Å². The van der Waals surface area contributed by atoms with E-state index in [0.29, 0.717) is 10.9 Å². The molecular formula is C23H18B2N2O3. The van der Waals surface area contributed by atoms with Gasteiger partial charge in [0.25, 0.3) is 0 Å². The summed E-state index contributed by atoms with van der Waals surface area (Å²) >= 11 is 0. The van der Waals surface area contributed by atoms with Crippen LogP contribution >= 0.6 is 0 Å². The molecule has 0 saturated carbocycles. The van der Waals surface area contributed by atoms with Crippen LogP contribution in [0.15, 0.2) is 97.3 Å². The number of para-hydroxylation sites is 2. The van der Waals surface area contributed by atoms with Crippen molar-refractivity contribution < 1.29 is 14.6 Å². The van der Waals surface area contributed by atoms with Crippen LogP contribution < -0.4 is 10.9 Å². The van der Waals surface area contributed by atoms with Gasteiger partial charge in [0.05, 0.1) is 11.0 Å². The van der Waals surface area contributed by atoms with Crippen LogP contribution in [0, 0.1) is 0 Å². The van der Waals surface area contributed by atoms with Crippen molar-refractivity contribution in [1.29, 1.82) is 0 Å². The molecule has 5 nitrogen and oxygen atoms in total. The monoisotopic (exact) mass is 392 g/mol. The summed E-state index contributed by atoms with van der Waals surface area (Å²) in [6.45, 7) is 0. The molecule has 0 atom stereocenters. The van der Waals surface area contributed by atoms with Gasteiger partial charge in [0, 0.05) is 28.9 Å². The molecule has 0 unspecified atom stereocenters. The summed E-state index contributed by atoms with van der Waals surface area (Å²) in [5, 5.41) is 22.9. The molecule has 5 aromatic rings. The van der Waals surface area contributed by atoms with Crippen molar-refractivity contribution in [2.75, 3.05) is 0 Å². The molecule has 7 heteroatoms. The van der Waals surface area contributed by atoms with E-state index in [1.54, 1.807) is 18.3 Å². The zero-order valence-electron chi connectivity index (χ0n) is 16.1. The number of pyridine rings is 1. The third kappa shape index (κ3) is 3.29. The minimum atomic E-state index is -1.27. The maximum atomic E-state index is 10.6. The first kappa shape index (κ1) is 18.6. The van der Waals surface area contributed by atoms with Gasteiger partial charge < -0.3 is 19.2 Å². The zero-order valence-corrected chi connectivity index (χ0v) is 16.1. The fourth-order valence-corrected chi connectivity index (χ4v) is 3.80. The highest BCUT2D eigenvalue weighted by molar-refractivity contribution is 6.73.